The summed E-state index contributed by atoms with van der Waals surface area (Å²) < 4.78 is 13.7. The summed E-state index contributed by atoms with van der Waals surface area (Å²) in [5.41, 5.74) is 0.889. The Hall–Kier alpha value is -1.48. The van der Waals surface area contributed by atoms with E-state index in [2.05, 4.69) is 15.9 Å². The van der Waals surface area contributed by atoms with Gasteiger partial charge in [-0.3, -0.25) is 4.79 Å². The molecule has 0 N–H and O–H groups in total. The van der Waals surface area contributed by atoms with Gasteiger partial charge in [0.15, 0.2) is 5.78 Å². The quantitative estimate of drug-likeness (QED) is 0.764. The monoisotopic (exact) mass is 278 g/mol. The van der Waals surface area contributed by atoms with Gasteiger partial charge in [0.25, 0.3) is 0 Å². The molecule has 0 fully saturated rings. The molecule has 0 spiro atoms. The third kappa shape index (κ3) is 2.19. The molecule has 80 valence electrons. The number of ketones is 1. The van der Waals surface area contributed by atoms with E-state index in [0.717, 1.165) is 0 Å². The number of carbonyl (C=O) groups is 1. The van der Waals surface area contributed by atoms with Gasteiger partial charge in [-0.25, -0.2) is 4.39 Å². The zero-order valence-electron chi connectivity index (χ0n) is 8.28. The predicted molar refractivity (Wildman–Crippen MR) is 64.0 cm³/mol. The second kappa shape index (κ2) is 4.58. The SMILES string of the molecule is O=C(c1cccc(F)c1)c1ccccc1Br. The van der Waals surface area contributed by atoms with Crippen molar-refractivity contribution in [2.45, 2.75) is 0 Å². The van der Waals surface area contributed by atoms with Gasteiger partial charge in [0, 0.05) is 15.6 Å². The van der Waals surface area contributed by atoms with Gasteiger partial charge in [-0.05, 0) is 24.3 Å². The molecule has 0 amide bonds. The van der Waals surface area contributed by atoms with Crippen molar-refractivity contribution in [1.82, 2.24) is 0 Å². The molecule has 2 rings (SSSR count). The summed E-state index contributed by atoms with van der Waals surface area (Å²) in [5, 5.41) is 0. The molecular weight excluding hydrogens is 271 g/mol. The van der Waals surface area contributed by atoms with Crippen LogP contribution in [0.15, 0.2) is 53.0 Å². The molecule has 1 nitrogen and oxygen atoms in total. The van der Waals surface area contributed by atoms with Crippen LogP contribution in [-0.4, -0.2) is 5.78 Å². The first-order valence-corrected chi connectivity index (χ1v) is 5.52. The zero-order valence-corrected chi connectivity index (χ0v) is 9.87. The first-order chi connectivity index (χ1) is 7.68. The van der Waals surface area contributed by atoms with E-state index in [1.54, 1.807) is 24.3 Å². The second-order valence-electron chi connectivity index (χ2n) is 3.32. The van der Waals surface area contributed by atoms with Gasteiger partial charge in [0.05, 0.1) is 0 Å². The van der Waals surface area contributed by atoms with Gasteiger partial charge in [-0.1, -0.05) is 40.2 Å². The minimum Gasteiger partial charge on any atom is -0.289 e. The van der Waals surface area contributed by atoms with Crippen molar-refractivity contribution in [1.29, 1.82) is 0 Å². The van der Waals surface area contributed by atoms with E-state index < -0.39 is 5.82 Å². The van der Waals surface area contributed by atoms with E-state index in [1.807, 2.05) is 6.07 Å². The Morgan fingerprint density at radius 2 is 1.81 bits per heavy atom. The fraction of sp³-hybridized carbons (Fsp3) is 0. The van der Waals surface area contributed by atoms with Crippen molar-refractivity contribution in [3.8, 4) is 0 Å². The summed E-state index contributed by atoms with van der Waals surface area (Å²) in [6, 6.07) is 12.8. The maximum absolute atomic E-state index is 13.0. The highest BCUT2D eigenvalue weighted by Crippen LogP contribution is 2.19. The van der Waals surface area contributed by atoms with Gasteiger partial charge in [0.2, 0.25) is 0 Å². The van der Waals surface area contributed by atoms with E-state index in [-0.39, 0.29) is 5.78 Å². The first kappa shape index (κ1) is 11.0. The minimum atomic E-state index is -0.405. The molecule has 0 saturated carbocycles. The van der Waals surface area contributed by atoms with Gasteiger partial charge in [-0.15, -0.1) is 0 Å². The van der Waals surface area contributed by atoms with E-state index in [0.29, 0.717) is 15.6 Å². The lowest BCUT2D eigenvalue weighted by atomic mass is 10.0. The Morgan fingerprint density at radius 1 is 1.06 bits per heavy atom. The molecule has 0 radical (unpaired) electrons. The molecule has 0 unspecified atom stereocenters. The molecule has 0 aliphatic heterocycles. The summed E-state index contributed by atoms with van der Waals surface area (Å²) in [6.07, 6.45) is 0. The number of rotatable bonds is 2. The smallest absolute Gasteiger partial charge is 0.194 e. The summed E-state index contributed by atoms with van der Waals surface area (Å²) >= 11 is 3.30. The number of benzene rings is 2. The van der Waals surface area contributed by atoms with Crippen LogP contribution >= 0.6 is 15.9 Å². The Bertz CT molecular complexity index is 537. The van der Waals surface area contributed by atoms with Crippen molar-refractivity contribution in [3.63, 3.8) is 0 Å². The van der Waals surface area contributed by atoms with Crippen LogP contribution in [0.2, 0.25) is 0 Å². The van der Waals surface area contributed by atoms with Crippen molar-refractivity contribution in [2.24, 2.45) is 0 Å². The van der Waals surface area contributed by atoms with Crippen molar-refractivity contribution >= 4 is 21.7 Å². The van der Waals surface area contributed by atoms with E-state index in [9.17, 15) is 9.18 Å². The van der Waals surface area contributed by atoms with Crippen LogP contribution < -0.4 is 0 Å². The van der Waals surface area contributed by atoms with E-state index in [1.165, 1.54) is 18.2 Å². The molecule has 0 saturated heterocycles. The van der Waals surface area contributed by atoms with Gasteiger partial charge < -0.3 is 0 Å². The minimum absolute atomic E-state index is 0.188. The highest BCUT2D eigenvalue weighted by atomic mass is 79.9. The van der Waals surface area contributed by atoms with E-state index in [4.69, 9.17) is 0 Å². The van der Waals surface area contributed by atoms with Gasteiger partial charge >= 0.3 is 0 Å². The normalized spacial score (nSPS) is 10.1. The van der Waals surface area contributed by atoms with Gasteiger partial charge in [0.1, 0.15) is 5.82 Å². The topological polar surface area (TPSA) is 17.1 Å². The lowest BCUT2D eigenvalue weighted by Crippen LogP contribution is -2.02. The van der Waals surface area contributed by atoms with Crippen LogP contribution in [0.25, 0.3) is 0 Å². The van der Waals surface area contributed by atoms with Crippen LogP contribution in [0.5, 0.6) is 0 Å². The number of carbonyl (C=O) groups excluding carboxylic acids is 1. The van der Waals surface area contributed by atoms with E-state index >= 15 is 0 Å². The number of hydrogen-bond acceptors (Lipinski definition) is 1. The predicted octanol–water partition coefficient (Wildman–Crippen LogP) is 3.82. The second-order valence-corrected chi connectivity index (χ2v) is 4.17. The molecule has 0 aliphatic carbocycles. The number of hydrogen-bond donors (Lipinski definition) is 0. The molecule has 0 atom stereocenters. The highest BCUT2D eigenvalue weighted by Gasteiger charge is 2.12. The van der Waals surface area contributed by atoms with Gasteiger partial charge in [-0.2, -0.15) is 0 Å². The molecule has 0 aromatic heterocycles. The van der Waals surface area contributed by atoms with Crippen molar-refractivity contribution in [3.05, 3.63) is 69.9 Å². The molecular formula is C13H8BrFO. The van der Waals surface area contributed by atoms with Crippen LogP contribution in [-0.2, 0) is 0 Å². The standard InChI is InChI=1S/C13H8BrFO/c14-12-7-2-1-6-11(12)13(16)9-4-3-5-10(15)8-9/h1-8H. The van der Waals surface area contributed by atoms with Crippen molar-refractivity contribution in [2.75, 3.05) is 0 Å². The average Bonchev–Trinajstić information content (AvgIpc) is 2.29. The van der Waals surface area contributed by atoms with Crippen molar-refractivity contribution < 1.29 is 9.18 Å². The molecule has 0 aliphatic rings. The van der Waals surface area contributed by atoms with Crippen LogP contribution in [0, 0.1) is 5.82 Å². The fourth-order valence-corrected chi connectivity index (χ4v) is 1.90. The molecule has 0 bridgehead atoms. The average molecular weight is 279 g/mol. The Labute approximate surface area is 101 Å². The lowest BCUT2D eigenvalue weighted by Gasteiger charge is -2.03. The summed E-state index contributed by atoms with van der Waals surface area (Å²) in [6.45, 7) is 0. The Kier molecular flexibility index (Phi) is 3.15. The number of halogens is 2. The molecule has 2 aromatic carbocycles. The van der Waals surface area contributed by atoms with Crippen LogP contribution in [0.3, 0.4) is 0 Å². The summed E-state index contributed by atoms with van der Waals surface area (Å²) in [7, 11) is 0. The summed E-state index contributed by atoms with van der Waals surface area (Å²) in [5.74, 6) is -0.593. The highest BCUT2D eigenvalue weighted by molar-refractivity contribution is 9.10. The van der Waals surface area contributed by atoms with Crippen LogP contribution in [0.4, 0.5) is 4.39 Å². The molecule has 3 heteroatoms. The Morgan fingerprint density at radius 3 is 2.50 bits per heavy atom. The first-order valence-electron chi connectivity index (χ1n) is 4.73. The van der Waals surface area contributed by atoms with Crippen LogP contribution in [0.1, 0.15) is 15.9 Å². The summed E-state index contributed by atoms with van der Waals surface area (Å²) in [4.78, 5) is 12.0. The third-order valence-electron chi connectivity index (χ3n) is 2.21. The zero-order chi connectivity index (χ0) is 11.5. The Balaban J connectivity index is 2.44. The molecule has 2 aromatic rings. The molecule has 0 heterocycles. The maximum Gasteiger partial charge on any atom is 0.194 e. The third-order valence-corrected chi connectivity index (χ3v) is 2.90. The molecule has 16 heavy (non-hydrogen) atoms. The largest absolute Gasteiger partial charge is 0.289 e. The lowest BCUT2D eigenvalue weighted by molar-refractivity contribution is 0.103. The maximum atomic E-state index is 13.0. The fourth-order valence-electron chi connectivity index (χ4n) is 1.43.